The molecule has 3 nitrogen and oxygen atoms in total. The standard InChI is InChI=1S/C9H7Cl5F5N3/c1-2-3-22-5(7(15,16)9(17,18)19)4(20-21-22)6(10,11)8(12,13)14/h2-3H2,1H3. The van der Waals surface area contributed by atoms with Crippen LogP contribution >= 0.6 is 58.0 Å². The summed E-state index contributed by atoms with van der Waals surface area (Å²) in [6.45, 7) is 1.23. The second kappa shape index (κ2) is 6.27. The van der Waals surface area contributed by atoms with Gasteiger partial charge in [0.1, 0.15) is 11.4 Å². The molecule has 0 aliphatic heterocycles. The number of nitrogens with zero attached hydrogens (tertiary/aromatic N) is 3. The first-order chi connectivity index (χ1) is 9.68. The molecule has 0 unspecified atom stereocenters. The minimum Gasteiger partial charge on any atom is -0.242 e. The largest absolute Gasteiger partial charge is 0.459 e. The molecule has 0 amide bonds. The van der Waals surface area contributed by atoms with E-state index < -0.39 is 31.6 Å². The third-order valence-corrected chi connectivity index (χ3v) is 4.83. The quantitative estimate of drug-likeness (QED) is 0.478. The highest BCUT2D eigenvalue weighted by Gasteiger charge is 2.65. The highest BCUT2D eigenvalue weighted by Crippen LogP contribution is 2.56. The van der Waals surface area contributed by atoms with Crippen LogP contribution in [0.4, 0.5) is 22.0 Å². The van der Waals surface area contributed by atoms with Crippen LogP contribution in [-0.4, -0.2) is 25.0 Å². The maximum absolute atomic E-state index is 13.8. The summed E-state index contributed by atoms with van der Waals surface area (Å²) in [5.41, 5.74) is -2.84. The van der Waals surface area contributed by atoms with Crippen molar-refractivity contribution in [3.8, 4) is 0 Å². The molecular weight excluding hydrogens is 422 g/mol. The van der Waals surface area contributed by atoms with Crippen molar-refractivity contribution in [3.05, 3.63) is 11.4 Å². The van der Waals surface area contributed by atoms with Crippen molar-refractivity contribution in [3.63, 3.8) is 0 Å². The van der Waals surface area contributed by atoms with E-state index in [1.807, 2.05) is 0 Å². The van der Waals surface area contributed by atoms with E-state index in [1.165, 1.54) is 6.92 Å². The third kappa shape index (κ3) is 3.50. The molecular formula is C9H7Cl5F5N3. The van der Waals surface area contributed by atoms with E-state index in [2.05, 4.69) is 10.3 Å². The molecule has 0 spiro atoms. The molecule has 0 aromatic carbocycles. The molecule has 13 heteroatoms. The molecule has 1 heterocycles. The Hall–Kier alpha value is 0.240. The van der Waals surface area contributed by atoms with Crippen LogP contribution in [-0.2, 0) is 16.8 Å². The van der Waals surface area contributed by atoms with E-state index in [0.29, 0.717) is 4.68 Å². The van der Waals surface area contributed by atoms with Gasteiger partial charge in [-0.3, -0.25) is 0 Å². The lowest BCUT2D eigenvalue weighted by atomic mass is 10.1. The fourth-order valence-corrected chi connectivity index (χ4v) is 2.00. The van der Waals surface area contributed by atoms with Crippen LogP contribution in [0.15, 0.2) is 0 Å². The Labute approximate surface area is 146 Å². The van der Waals surface area contributed by atoms with E-state index in [0.717, 1.165) is 0 Å². The van der Waals surface area contributed by atoms with Crippen molar-refractivity contribution in [2.75, 3.05) is 0 Å². The molecule has 22 heavy (non-hydrogen) atoms. The van der Waals surface area contributed by atoms with Crippen LogP contribution in [0.3, 0.4) is 0 Å². The molecule has 0 atom stereocenters. The minimum atomic E-state index is -5.94. The Morgan fingerprint density at radius 2 is 1.50 bits per heavy atom. The summed E-state index contributed by atoms with van der Waals surface area (Å²) in [7, 11) is 0. The van der Waals surface area contributed by atoms with E-state index in [-0.39, 0.29) is 13.0 Å². The lowest BCUT2D eigenvalue weighted by Gasteiger charge is -2.28. The fourth-order valence-electron chi connectivity index (χ4n) is 1.47. The molecule has 0 saturated heterocycles. The van der Waals surface area contributed by atoms with E-state index in [4.69, 9.17) is 58.0 Å². The number of hydrogen-bond acceptors (Lipinski definition) is 2. The Morgan fingerprint density at radius 3 is 1.86 bits per heavy atom. The van der Waals surface area contributed by atoms with E-state index in [9.17, 15) is 22.0 Å². The molecule has 0 saturated carbocycles. The second-order valence-electron chi connectivity index (χ2n) is 4.15. The van der Waals surface area contributed by atoms with Crippen molar-refractivity contribution in [1.29, 1.82) is 0 Å². The zero-order valence-electron chi connectivity index (χ0n) is 10.5. The van der Waals surface area contributed by atoms with Gasteiger partial charge < -0.3 is 0 Å². The average Bonchev–Trinajstić information content (AvgIpc) is 2.71. The maximum Gasteiger partial charge on any atom is 0.459 e. The minimum absolute atomic E-state index is 0.190. The maximum atomic E-state index is 13.8. The SMILES string of the molecule is CCCn1nnc(C(Cl)(Cl)C(Cl)(Cl)Cl)c1C(F)(F)C(F)(F)F. The Kier molecular flexibility index (Phi) is 5.79. The Bertz CT molecular complexity index is 537. The van der Waals surface area contributed by atoms with Gasteiger partial charge in [0.2, 0.25) is 8.13 Å². The number of halogens is 10. The first-order valence-electron chi connectivity index (χ1n) is 5.51. The summed E-state index contributed by atoms with van der Waals surface area (Å²) >= 11 is 27.7. The van der Waals surface area contributed by atoms with E-state index in [1.54, 1.807) is 0 Å². The van der Waals surface area contributed by atoms with Crippen LogP contribution in [0.1, 0.15) is 24.7 Å². The molecule has 1 aromatic heterocycles. The van der Waals surface area contributed by atoms with Gasteiger partial charge in [-0.15, -0.1) is 5.10 Å². The lowest BCUT2D eigenvalue weighted by Crippen LogP contribution is -2.40. The zero-order chi connectivity index (χ0) is 17.6. The summed E-state index contributed by atoms with van der Waals surface area (Å²) in [5.74, 6) is -5.34. The third-order valence-electron chi connectivity index (χ3n) is 2.48. The molecule has 0 radical (unpaired) electrons. The van der Waals surface area contributed by atoms with Gasteiger partial charge in [-0.1, -0.05) is 70.1 Å². The van der Waals surface area contributed by atoms with E-state index >= 15 is 0 Å². The van der Waals surface area contributed by atoms with Gasteiger partial charge in [-0.2, -0.15) is 22.0 Å². The van der Waals surface area contributed by atoms with Gasteiger partial charge >= 0.3 is 12.1 Å². The molecule has 0 aliphatic carbocycles. The van der Waals surface area contributed by atoms with Crippen molar-refractivity contribution < 1.29 is 22.0 Å². The molecule has 0 N–H and O–H groups in total. The van der Waals surface area contributed by atoms with Crippen molar-refractivity contribution >= 4 is 58.0 Å². The summed E-state index contributed by atoms with van der Waals surface area (Å²) in [6, 6.07) is 0. The Morgan fingerprint density at radius 1 is 1.00 bits per heavy atom. The van der Waals surface area contributed by atoms with Gasteiger partial charge in [0.05, 0.1) is 0 Å². The average molecular weight is 429 g/mol. The molecule has 0 fully saturated rings. The summed E-state index contributed by atoms with van der Waals surface area (Å²) < 4.78 is 60.5. The molecule has 0 bridgehead atoms. The molecule has 0 aliphatic rings. The normalized spacial score (nSPS) is 14.5. The number of alkyl halides is 10. The Balaban J connectivity index is 3.64. The van der Waals surface area contributed by atoms with Gasteiger partial charge in [-0.25, -0.2) is 4.68 Å². The number of hydrogen-bond donors (Lipinski definition) is 0. The predicted molar refractivity (Wildman–Crippen MR) is 73.9 cm³/mol. The van der Waals surface area contributed by atoms with Crippen molar-refractivity contribution in [2.24, 2.45) is 0 Å². The highest BCUT2D eigenvalue weighted by atomic mass is 35.6. The summed E-state index contributed by atoms with van der Waals surface area (Å²) in [4.78, 5) is 0. The van der Waals surface area contributed by atoms with Crippen molar-refractivity contribution in [2.45, 2.75) is 40.1 Å². The van der Waals surface area contributed by atoms with Crippen molar-refractivity contribution in [1.82, 2.24) is 15.0 Å². The van der Waals surface area contributed by atoms with Gasteiger partial charge in [-0.05, 0) is 6.42 Å². The summed E-state index contributed by atoms with van der Waals surface area (Å²) in [6.07, 6.45) is -5.75. The van der Waals surface area contributed by atoms with Crippen LogP contribution in [0.5, 0.6) is 0 Å². The molecule has 128 valence electrons. The number of aryl methyl sites for hydroxylation is 1. The lowest BCUT2D eigenvalue weighted by molar-refractivity contribution is -0.292. The van der Waals surface area contributed by atoms with Crippen LogP contribution in [0.2, 0.25) is 0 Å². The smallest absolute Gasteiger partial charge is 0.242 e. The fraction of sp³-hybridized carbons (Fsp3) is 0.778. The highest BCUT2D eigenvalue weighted by molar-refractivity contribution is 6.75. The zero-order valence-corrected chi connectivity index (χ0v) is 14.3. The van der Waals surface area contributed by atoms with Gasteiger partial charge in [0.25, 0.3) is 0 Å². The van der Waals surface area contributed by atoms with Crippen LogP contribution in [0, 0.1) is 0 Å². The topological polar surface area (TPSA) is 30.7 Å². The predicted octanol–water partition coefficient (Wildman–Crippen LogP) is 5.34. The molecule has 1 aromatic rings. The van der Waals surface area contributed by atoms with Gasteiger partial charge in [0.15, 0.2) is 0 Å². The first-order valence-corrected chi connectivity index (χ1v) is 7.40. The van der Waals surface area contributed by atoms with Crippen LogP contribution < -0.4 is 0 Å². The summed E-state index contributed by atoms with van der Waals surface area (Å²) in [5, 5.41) is 6.38. The second-order valence-corrected chi connectivity index (χ2v) is 7.76. The monoisotopic (exact) mass is 427 g/mol. The number of aromatic nitrogens is 3. The number of rotatable bonds is 4. The van der Waals surface area contributed by atoms with Gasteiger partial charge in [0, 0.05) is 6.54 Å². The van der Waals surface area contributed by atoms with Crippen LogP contribution in [0.25, 0.3) is 0 Å². The first kappa shape index (κ1) is 20.3. The molecule has 1 rings (SSSR count).